The lowest BCUT2D eigenvalue weighted by Gasteiger charge is -2.34. The molecule has 0 saturated heterocycles. The molecule has 0 aliphatic carbocycles. The second-order valence-electron chi connectivity index (χ2n) is 5.93. The number of unbranched alkanes of at least 4 members (excludes halogenated alkanes) is 1. The van der Waals surface area contributed by atoms with Gasteiger partial charge < -0.3 is 9.84 Å². The van der Waals surface area contributed by atoms with E-state index in [0.29, 0.717) is 6.42 Å². The van der Waals surface area contributed by atoms with Gasteiger partial charge in [-0.3, -0.25) is 0 Å². The Morgan fingerprint density at radius 2 is 1.56 bits per heavy atom. The number of para-hydroxylation sites is 1. The standard InChI is InChI=1S/C16H19F7O2/c1-3-4-9-25-12-8-6-5-7-11(12)13(2,24)10-14(17,18)15(19,20)16(21,22)23/h5-8,24H,3-4,9-10H2,1-2H3. The van der Waals surface area contributed by atoms with Crippen LogP contribution in [0.3, 0.4) is 0 Å². The maximum atomic E-state index is 13.6. The van der Waals surface area contributed by atoms with E-state index >= 15 is 0 Å². The summed E-state index contributed by atoms with van der Waals surface area (Å²) >= 11 is 0. The zero-order chi connectivity index (χ0) is 19.5. The normalized spacial score (nSPS) is 15.8. The monoisotopic (exact) mass is 376 g/mol. The van der Waals surface area contributed by atoms with Gasteiger partial charge in [-0.05, 0) is 19.4 Å². The fourth-order valence-electron chi connectivity index (χ4n) is 2.21. The van der Waals surface area contributed by atoms with Crippen LogP contribution in [0.25, 0.3) is 0 Å². The Bertz CT molecular complexity index is 568. The highest BCUT2D eigenvalue weighted by Gasteiger charge is 2.73. The molecular weight excluding hydrogens is 357 g/mol. The predicted molar refractivity (Wildman–Crippen MR) is 77.0 cm³/mol. The lowest BCUT2D eigenvalue weighted by molar-refractivity contribution is -0.361. The van der Waals surface area contributed by atoms with Crippen LogP contribution in [0, 0.1) is 0 Å². The van der Waals surface area contributed by atoms with Gasteiger partial charge in [-0.15, -0.1) is 0 Å². The lowest BCUT2D eigenvalue weighted by atomic mass is 9.87. The third kappa shape index (κ3) is 4.77. The van der Waals surface area contributed by atoms with Crippen LogP contribution in [0.5, 0.6) is 5.75 Å². The Hall–Kier alpha value is -1.51. The van der Waals surface area contributed by atoms with Crippen molar-refractivity contribution in [3.05, 3.63) is 29.8 Å². The average molecular weight is 376 g/mol. The molecule has 0 bridgehead atoms. The zero-order valence-electron chi connectivity index (χ0n) is 13.6. The van der Waals surface area contributed by atoms with E-state index in [0.717, 1.165) is 19.4 Å². The Morgan fingerprint density at radius 1 is 1.00 bits per heavy atom. The van der Waals surface area contributed by atoms with Crippen molar-refractivity contribution in [2.24, 2.45) is 0 Å². The Labute approximate surface area is 140 Å². The van der Waals surface area contributed by atoms with Crippen molar-refractivity contribution >= 4 is 0 Å². The van der Waals surface area contributed by atoms with Crippen molar-refractivity contribution in [3.8, 4) is 5.75 Å². The minimum Gasteiger partial charge on any atom is -0.493 e. The molecule has 0 spiro atoms. The van der Waals surface area contributed by atoms with Crippen LogP contribution >= 0.6 is 0 Å². The molecule has 0 heterocycles. The van der Waals surface area contributed by atoms with Crippen LogP contribution in [0.1, 0.15) is 38.7 Å². The second-order valence-corrected chi connectivity index (χ2v) is 5.93. The van der Waals surface area contributed by atoms with Crippen LogP contribution in [-0.4, -0.2) is 29.7 Å². The van der Waals surface area contributed by atoms with E-state index < -0.39 is 30.0 Å². The molecular formula is C16H19F7O2. The first kappa shape index (κ1) is 21.5. The van der Waals surface area contributed by atoms with Crippen molar-refractivity contribution < 1.29 is 40.6 Å². The van der Waals surface area contributed by atoms with E-state index in [1.54, 1.807) is 0 Å². The Morgan fingerprint density at radius 3 is 2.08 bits per heavy atom. The first-order chi connectivity index (χ1) is 11.3. The molecule has 9 heteroatoms. The summed E-state index contributed by atoms with van der Waals surface area (Å²) in [4.78, 5) is 0. The van der Waals surface area contributed by atoms with Crippen LogP contribution in [0.2, 0.25) is 0 Å². The van der Waals surface area contributed by atoms with Gasteiger partial charge in [-0.1, -0.05) is 31.5 Å². The quantitative estimate of drug-likeness (QED) is 0.493. The van der Waals surface area contributed by atoms with Gasteiger partial charge in [-0.25, -0.2) is 0 Å². The number of alkyl halides is 7. The van der Waals surface area contributed by atoms with Crippen molar-refractivity contribution in [2.45, 2.75) is 56.7 Å². The summed E-state index contributed by atoms with van der Waals surface area (Å²) in [7, 11) is 0. The SMILES string of the molecule is CCCCOc1ccccc1C(C)(O)CC(F)(F)C(F)(F)C(F)(F)F. The van der Waals surface area contributed by atoms with E-state index in [-0.39, 0.29) is 17.9 Å². The number of benzene rings is 1. The summed E-state index contributed by atoms with van der Waals surface area (Å²) in [6.07, 6.45) is -7.20. The molecule has 0 aliphatic rings. The van der Waals surface area contributed by atoms with Crippen molar-refractivity contribution in [1.82, 2.24) is 0 Å². The highest BCUT2D eigenvalue weighted by atomic mass is 19.4. The third-order valence-corrected chi connectivity index (χ3v) is 3.60. The minimum atomic E-state index is -6.44. The maximum absolute atomic E-state index is 13.6. The molecule has 0 aliphatic heterocycles. The van der Waals surface area contributed by atoms with E-state index in [9.17, 15) is 35.8 Å². The van der Waals surface area contributed by atoms with Gasteiger partial charge in [0.1, 0.15) is 5.75 Å². The number of rotatable bonds is 8. The Kier molecular flexibility index (Phi) is 6.36. The first-order valence-electron chi connectivity index (χ1n) is 7.53. The zero-order valence-corrected chi connectivity index (χ0v) is 13.6. The topological polar surface area (TPSA) is 29.5 Å². The summed E-state index contributed by atoms with van der Waals surface area (Å²) in [6, 6.07) is 5.25. The smallest absolute Gasteiger partial charge is 0.459 e. The predicted octanol–water partition coefficient (Wildman–Crippen LogP) is 5.30. The van der Waals surface area contributed by atoms with E-state index in [4.69, 9.17) is 4.74 Å². The summed E-state index contributed by atoms with van der Waals surface area (Å²) in [5.41, 5.74) is -2.95. The van der Waals surface area contributed by atoms with Crippen LogP contribution in [0.4, 0.5) is 30.7 Å². The van der Waals surface area contributed by atoms with Gasteiger partial charge in [0.15, 0.2) is 0 Å². The minimum absolute atomic E-state index is 0.0490. The molecule has 25 heavy (non-hydrogen) atoms. The summed E-state index contributed by atoms with van der Waals surface area (Å²) in [5, 5.41) is 10.2. The number of halogens is 7. The van der Waals surface area contributed by atoms with Crippen molar-refractivity contribution in [1.29, 1.82) is 0 Å². The number of aliphatic hydroxyl groups is 1. The molecule has 0 amide bonds. The molecule has 0 fully saturated rings. The fraction of sp³-hybridized carbons (Fsp3) is 0.625. The summed E-state index contributed by atoms with van der Waals surface area (Å²) < 4.78 is 95.5. The van der Waals surface area contributed by atoms with Crippen molar-refractivity contribution in [2.75, 3.05) is 6.61 Å². The highest BCUT2D eigenvalue weighted by Crippen LogP contribution is 2.51. The van der Waals surface area contributed by atoms with Gasteiger partial charge in [0.05, 0.1) is 18.6 Å². The lowest BCUT2D eigenvalue weighted by Crippen LogP contribution is -2.54. The molecule has 1 aromatic carbocycles. The third-order valence-electron chi connectivity index (χ3n) is 3.60. The molecule has 0 aromatic heterocycles. The van der Waals surface area contributed by atoms with E-state index in [1.165, 1.54) is 18.2 Å². The van der Waals surface area contributed by atoms with Crippen LogP contribution in [-0.2, 0) is 5.60 Å². The molecule has 144 valence electrons. The molecule has 1 rings (SSSR count). The van der Waals surface area contributed by atoms with Crippen LogP contribution < -0.4 is 4.74 Å². The maximum Gasteiger partial charge on any atom is 0.459 e. The number of hydrogen-bond acceptors (Lipinski definition) is 2. The molecule has 1 N–H and O–H groups in total. The molecule has 0 radical (unpaired) electrons. The molecule has 0 saturated carbocycles. The van der Waals surface area contributed by atoms with Gasteiger partial charge in [0, 0.05) is 5.56 Å². The van der Waals surface area contributed by atoms with Gasteiger partial charge >= 0.3 is 18.0 Å². The Balaban J connectivity index is 3.13. The number of ether oxygens (including phenoxy) is 1. The highest BCUT2D eigenvalue weighted by molar-refractivity contribution is 5.38. The molecule has 1 aromatic rings. The largest absolute Gasteiger partial charge is 0.493 e. The fourth-order valence-corrected chi connectivity index (χ4v) is 2.21. The van der Waals surface area contributed by atoms with Gasteiger partial charge in [-0.2, -0.15) is 30.7 Å². The van der Waals surface area contributed by atoms with Gasteiger partial charge in [0.2, 0.25) is 0 Å². The summed E-state index contributed by atoms with van der Waals surface area (Å²) in [5.74, 6) is -11.8. The van der Waals surface area contributed by atoms with E-state index in [1.807, 2.05) is 6.92 Å². The average Bonchev–Trinajstić information content (AvgIpc) is 2.45. The van der Waals surface area contributed by atoms with Crippen molar-refractivity contribution in [3.63, 3.8) is 0 Å². The van der Waals surface area contributed by atoms with Crippen LogP contribution in [0.15, 0.2) is 24.3 Å². The van der Waals surface area contributed by atoms with E-state index in [2.05, 4.69) is 0 Å². The second kappa shape index (κ2) is 7.39. The molecule has 1 atom stereocenters. The molecule has 2 nitrogen and oxygen atoms in total. The first-order valence-corrected chi connectivity index (χ1v) is 7.53. The number of hydrogen-bond donors (Lipinski definition) is 1. The summed E-state index contributed by atoms with van der Waals surface area (Å²) in [6.45, 7) is 2.79. The molecule has 1 unspecified atom stereocenters. The van der Waals surface area contributed by atoms with Gasteiger partial charge in [0.25, 0.3) is 0 Å².